The van der Waals surface area contributed by atoms with Crippen LogP contribution in [0.5, 0.6) is 0 Å². The van der Waals surface area contributed by atoms with Crippen LogP contribution in [0.25, 0.3) is 0 Å². The van der Waals surface area contributed by atoms with Gasteiger partial charge in [-0.05, 0) is 25.0 Å². The molecule has 1 aliphatic heterocycles. The van der Waals surface area contributed by atoms with Gasteiger partial charge in [0.2, 0.25) is 0 Å². The largest absolute Gasteiger partial charge is 0.418 e. The van der Waals surface area contributed by atoms with Crippen molar-refractivity contribution in [2.45, 2.75) is 25.1 Å². The molecule has 1 saturated carbocycles. The van der Waals surface area contributed by atoms with Crippen LogP contribution in [0.15, 0.2) is 24.3 Å². The zero-order valence-corrected chi connectivity index (χ0v) is 11.8. The van der Waals surface area contributed by atoms with Crippen LogP contribution in [0, 0.1) is 11.8 Å². The van der Waals surface area contributed by atoms with Crippen molar-refractivity contribution in [2.24, 2.45) is 11.8 Å². The van der Waals surface area contributed by atoms with Gasteiger partial charge >= 0.3 is 12.2 Å². The van der Waals surface area contributed by atoms with Crippen molar-refractivity contribution in [2.75, 3.05) is 18.4 Å². The number of benzene rings is 1. The number of carbonyl (C=O) groups is 1. The Hall–Kier alpha value is -1.76. The third-order valence-electron chi connectivity index (χ3n) is 4.55. The van der Waals surface area contributed by atoms with E-state index in [0.717, 1.165) is 18.9 Å². The number of aliphatic hydroxyl groups excluding tert-OH is 1. The summed E-state index contributed by atoms with van der Waals surface area (Å²) in [6.45, 7) is 0.773. The number of amides is 2. The zero-order chi connectivity index (χ0) is 15.9. The molecule has 2 amide bonds. The Bertz CT molecular complexity index is 562. The van der Waals surface area contributed by atoms with Gasteiger partial charge in [-0.15, -0.1) is 0 Å². The highest BCUT2D eigenvalue weighted by Gasteiger charge is 2.42. The molecule has 3 atom stereocenters. The molecule has 0 spiro atoms. The van der Waals surface area contributed by atoms with Crippen molar-refractivity contribution < 1.29 is 23.1 Å². The molecule has 1 heterocycles. The summed E-state index contributed by atoms with van der Waals surface area (Å²) in [6, 6.07) is 4.39. The minimum absolute atomic E-state index is 0.0300. The number of nitrogens with one attached hydrogen (secondary N) is 1. The second-order valence-electron chi connectivity index (χ2n) is 5.97. The molecule has 22 heavy (non-hydrogen) atoms. The Kier molecular flexibility index (Phi) is 3.76. The van der Waals surface area contributed by atoms with Crippen LogP contribution < -0.4 is 5.32 Å². The van der Waals surface area contributed by atoms with Gasteiger partial charge < -0.3 is 15.3 Å². The van der Waals surface area contributed by atoms with Gasteiger partial charge in [0.15, 0.2) is 0 Å². The summed E-state index contributed by atoms with van der Waals surface area (Å²) in [5.74, 6) is 0.0599. The Morgan fingerprint density at radius 2 is 1.77 bits per heavy atom. The number of fused-ring (bicyclic) bond motifs is 2. The van der Waals surface area contributed by atoms with Gasteiger partial charge in [-0.25, -0.2) is 4.79 Å². The van der Waals surface area contributed by atoms with Crippen molar-refractivity contribution in [3.05, 3.63) is 29.8 Å². The molecule has 1 aromatic rings. The van der Waals surface area contributed by atoms with Gasteiger partial charge in [-0.2, -0.15) is 13.2 Å². The fraction of sp³-hybridized carbons (Fsp3) is 0.533. The summed E-state index contributed by atoms with van der Waals surface area (Å²) in [5.41, 5.74) is -1.10. The number of rotatable bonds is 1. The lowest BCUT2D eigenvalue weighted by Crippen LogP contribution is -2.48. The van der Waals surface area contributed by atoms with E-state index in [1.54, 1.807) is 0 Å². The van der Waals surface area contributed by atoms with Gasteiger partial charge in [0.25, 0.3) is 0 Å². The number of halogens is 3. The standard InChI is InChI=1S/C15H17F3N2O2/c16-15(17,18)11-3-1-2-4-12(11)19-14(22)20-7-9-5-6-10(8-20)13(9)21/h1-4,9-10,13,21H,5-8H2,(H,19,22)/t9-,10+,13?. The highest BCUT2D eigenvalue weighted by Crippen LogP contribution is 2.38. The fourth-order valence-electron chi connectivity index (χ4n) is 3.39. The molecule has 2 N–H and O–H groups in total. The number of carbonyl (C=O) groups excluding carboxylic acids is 1. The Labute approximate surface area is 125 Å². The quantitative estimate of drug-likeness (QED) is 0.837. The summed E-state index contributed by atoms with van der Waals surface area (Å²) >= 11 is 0. The number of hydrogen-bond donors (Lipinski definition) is 2. The molecule has 2 bridgehead atoms. The first-order valence-corrected chi connectivity index (χ1v) is 7.26. The lowest BCUT2D eigenvalue weighted by atomic mass is 9.95. The molecule has 1 saturated heterocycles. The molecule has 2 aliphatic rings. The van der Waals surface area contributed by atoms with E-state index < -0.39 is 23.9 Å². The number of hydrogen-bond acceptors (Lipinski definition) is 2. The second-order valence-corrected chi connectivity index (χ2v) is 5.97. The van der Waals surface area contributed by atoms with E-state index in [1.165, 1.54) is 23.1 Å². The monoisotopic (exact) mass is 314 g/mol. The van der Waals surface area contributed by atoms with Gasteiger partial charge in [-0.3, -0.25) is 0 Å². The first kappa shape index (κ1) is 15.1. The lowest BCUT2D eigenvalue weighted by molar-refractivity contribution is -0.136. The van der Waals surface area contributed by atoms with Crippen LogP contribution in [-0.2, 0) is 6.18 Å². The first-order valence-electron chi connectivity index (χ1n) is 7.26. The summed E-state index contributed by atoms with van der Waals surface area (Å²) in [6.07, 6.45) is -3.20. The average molecular weight is 314 g/mol. The highest BCUT2D eigenvalue weighted by molar-refractivity contribution is 5.90. The molecular weight excluding hydrogens is 297 g/mol. The van der Waals surface area contributed by atoms with Crippen LogP contribution >= 0.6 is 0 Å². The third-order valence-corrected chi connectivity index (χ3v) is 4.55. The summed E-state index contributed by atoms with van der Waals surface area (Å²) < 4.78 is 38.8. The Morgan fingerprint density at radius 3 is 2.36 bits per heavy atom. The van der Waals surface area contributed by atoms with Crippen molar-refractivity contribution in [3.63, 3.8) is 0 Å². The average Bonchev–Trinajstić information content (AvgIpc) is 2.68. The highest BCUT2D eigenvalue weighted by atomic mass is 19.4. The molecule has 7 heteroatoms. The maximum Gasteiger partial charge on any atom is 0.418 e. The smallest absolute Gasteiger partial charge is 0.392 e. The van der Waals surface area contributed by atoms with Crippen LogP contribution in [-0.4, -0.2) is 35.2 Å². The lowest BCUT2D eigenvalue weighted by Gasteiger charge is -2.35. The molecule has 4 nitrogen and oxygen atoms in total. The Morgan fingerprint density at radius 1 is 1.18 bits per heavy atom. The minimum atomic E-state index is -4.51. The van der Waals surface area contributed by atoms with Gasteiger partial charge in [-0.1, -0.05) is 12.1 Å². The number of urea groups is 1. The number of nitrogens with zero attached hydrogens (tertiary/aromatic N) is 1. The van der Waals surface area contributed by atoms with Gasteiger partial charge in [0, 0.05) is 24.9 Å². The molecule has 120 valence electrons. The maximum atomic E-state index is 12.9. The predicted octanol–water partition coefficient (Wildman–Crippen LogP) is 2.94. The van der Waals surface area contributed by atoms with E-state index >= 15 is 0 Å². The van der Waals surface area contributed by atoms with Gasteiger partial charge in [0.1, 0.15) is 0 Å². The number of likely N-dealkylation sites (tertiary alicyclic amines) is 1. The number of aliphatic hydroxyl groups is 1. The normalized spacial score (nSPS) is 27.8. The van der Waals surface area contributed by atoms with E-state index in [1.807, 2.05) is 0 Å². The molecule has 3 rings (SSSR count). The van der Waals surface area contributed by atoms with Crippen LogP contribution in [0.1, 0.15) is 18.4 Å². The first-order chi connectivity index (χ1) is 10.4. The molecule has 1 aromatic carbocycles. The Balaban J connectivity index is 1.73. The van der Waals surface area contributed by atoms with E-state index in [9.17, 15) is 23.1 Å². The molecule has 2 fully saturated rings. The molecule has 1 aliphatic carbocycles. The number of alkyl halides is 3. The topological polar surface area (TPSA) is 52.6 Å². The van der Waals surface area contributed by atoms with Crippen molar-refractivity contribution in [3.8, 4) is 0 Å². The number of anilines is 1. The molecule has 1 unspecified atom stereocenters. The maximum absolute atomic E-state index is 12.9. The summed E-state index contributed by atoms with van der Waals surface area (Å²) in [5, 5.41) is 12.3. The van der Waals surface area contributed by atoms with E-state index in [2.05, 4.69) is 5.32 Å². The summed E-state index contributed by atoms with van der Waals surface area (Å²) in [4.78, 5) is 13.7. The fourth-order valence-corrected chi connectivity index (χ4v) is 3.39. The molecule has 0 radical (unpaired) electrons. The van der Waals surface area contributed by atoms with Crippen molar-refractivity contribution >= 4 is 11.7 Å². The van der Waals surface area contributed by atoms with Gasteiger partial charge in [0.05, 0.1) is 17.4 Å². The SMILES string of the molecule is O=C(Nc1ccccc1C(F)(F)F)N1C[C@H]2CC[C@@H](C1)C2O. The van der Waals surface area contributed by atoms with Crippen molar-refractivity contribution in [1.82, 2.24) is 4.90 Å². The number of para-hydroxylation sites is 1. The molecular formula is C15H17F3N2O2. The predicted molar refractivity (Wildman–Crippen MR) is 74.3 cm³/mol. The zero-order valence-electron chi connectivity index (χ0n) is 11.8. The van der Waals surface area contributed by atoms with Crippen LogP contribution in [0.2, 0.25) is 0 Å². The van der Waals surface area contributed by atoms with E-state index in [4.69, 9.17) is 0 Å². The van der Waals surface area contributed by atoms with E-state index in [0.29, 0.717) is 13.1 Å². The molecule has 0 aromatic heterocycles. The van der Waals surface area contributed by atoms with E-state index in [-0.39, 0.29) is 17.5 Å². The van der Waals surface area contributed by atoms with Crippen LogP contribution in [0.4, 0.5) is 23.7 Å². The minimum Gasteiger partial charge on any atom is -0.392 e. The summed E-state index contributed by atoms with van der Waals surface area (Å²) in [7, 11) is 0. The van der Waals surface area contributed by atoms with Crippen molar-refractivity contribution in [1.29, 1.82) is 0 Å². The third kappa shape index (κ3) is 2.77. The van der Waals surface area contributed by atoms with Crippen LogP contribution in [0.3, 0.4) is 0 Å². The second kappa shape index (κ2) is 5.46. The number of piperidine rings is 1.